The van der Waals surface area contributed by atoms with Crippen molar-refractivity contribution < 1.29 is 4.11 Å². The van der Waals surface area contributed by atoms with Gasteiger partial charge >= 0.3 is 0 Å². The molecule has 3 aromatic rings. The van der Waals surface area contributed by atoms with Crippen LogP contribution in [-0.2, 0) is 0 Å². The molecule has 0 N–H and O–H groups in total. The summed E-state index contributed by atoms with van der Waals surface area (Å²) in [6.07, 6.45) is 4.77. The van der Waals surface area contributed by atoms with Crippen LogP contribution in [-0.4, -0.2) is 15.0 Å². The third-order valence-electron chi connectivity index (χ3n) is 2.81. The number of pyridine rings is 1. The molecule has 0 fully saturated rings. The average Bonchev–Trinajstić information content (AvgIpc) is 2.55. The Morgan fingerprint density at radius 1 is 0.842 bits per heavy atom. The Morgan fingerprint density at radius 3 is 2.37 bits per heavy atom. The zero-order valence-electron chi connectivity index (χ0n) is 13.1. The fourth-order valence-electron chi connectivity index (χ4n) is 1.85. The van der Waals surface area contributed by atoms with Crippen LogP contribution in [0, 0.1) is 6.85 Å². The molecule has 2 aromatic heterocycles. The summed E-state index contributed by atoms with van der Waals surface area (Å²) in [5.74, 6) is -0.145. The highest BCUT2D eigenvalue weighted by Crippen LogP contribution is 2.23. The van der Waals surface area contributed by atoms with Gasteiger partial charge in [0, 0.05) is 33.8 Å². The van der Waals surface area contributed by atoms with Crippen LogP contribution in [0.4, 0.5) is 0 Å². The van der Waals surface area contributed by atoms with Crippen LogP contribution < -0.4 is 0 Å². The van der Waals surface area contributed by atoms with Crippen molar-refractivity contribution in [3.63, 3.8) is 0 Å². The van der Waals surface area contributed by atoms with Crippen molar-refractivity contribution in [3.8, 4) is 22.4 Å². The van der Waals surface area contributed by atoms with E-state index < -0.39 is 6.85 Å². The predicted octanol–water partition coefficient (Wildman–Crippen LogP) is 3.51. The molecule has 0 unspecified atom stereocenters. The van der Waals surface area contributed by atoms with Crippen molar-refractivity contribution in [1.29, 1.82) is 0 Å². The molecule has 1 aromatic carbocycles. The lowest BCUT2D eigenvalue weighted by molar-refractivity contribution is 1.06. The van der Waals surface area contributed by atoms with E-state index in [0.717, 1.165) is 22.4 Å². The normalized spacial score (nSPS) is 13.4. The maximum atomic E-state index is 7.29. The topological polar surface area (TPSA) is 38.7 Å². The molecular formula is C16H13N3. The van der Waals surface area contributed by atoms with Crippen LogP contribution >= 0.6 is 0 Å². The van der Waals surface area contributed by atoms with Crippen LogP contribution in [0.25, 0.3) is 22.4 Å². The summed E-state index contributed by atoms with van der Waals surface area (Å²) in [7, 11) is 0. The summed E-state index contributed by atoms with van der Waals surface area (Å²) < 4.78 is 21.9. The Morgan fingerprint density at radius 2 is 1.63 bits per heavy atom. The second kappa shape index (κ2) is 4.98. The highest BCUT2D eigenvalue weighted by molar-refractivity contribution is 5.69. The minimum Gasteiger partial charge on any atom is -0.256 e. The standard InChI is InChI=1S/C16H13N3/c1-12-18-10-15(11-19-12)14-7-8-17-16(9-14)13-5-3-2-4-6-13/h2-11H,1H3/i1D3. The van der Waals surface area contributed by atoms with Gasteiger partial charge in [0.1, 0.15) is 5.82 Å². The van der Waals surface area contributed by atoms with Crippen LogP contribution in [0.1, 0.15) is 9.94 Å². The van der Waals surface area contributed by atoms with Crippen LogP contribution in [0.5, 0.6) is 0 Å². The third-order valence-corrected chi connectivity index (χ3v) is 2.81. The van der Waals surface area contributed by atoms with Gasteiger partial charge < -0.3 is 0 Å². The van der Waals surface area contributed by atoms with Gasteiger partial charge in [0.25, 0.3) is 0 Å². The number of rotatable bonds is 2. The van der Waals surface area contributed by atoms with Crippen LogP contribution in [0.15, 0.2) is 61.1 Å². The number of aryl methyl sites for hydroxylation is 1. The summed E-state index contributed by atoms with van der Waals surface area (Å²) >= 11 is 0. The van der Waals surface area contributed by atoms with E-state index in [0.29, 0.717) is 0 Å². The Balaban J connectivity index is 1.96. The lowest BCUT2D eigenvalue weighted by Gasteiger charge is -2.04. The molecule has 3 nitrogen and oxygen atoms in total. The second-order valence-electron chi connectivity index (χ2n) is 4.09. The number of nitrogens with zero attached hydrogens (tertiary/aromatic N) is 3. The number of hydrogen-bond acceptors (Lipinski definition) is 3. The second-order valence-corrected chi connectivity index (χ2v) is 4.09. The monoisotopic (exact) mass is 250 g/mol. The Kier molecular flexibility index (Phi) is 2.24. The van der Waals surface area contributed by atoms with E-state index in [-0.39, 0.29) is 5.82 Å². The maximum absolute atomic E-state index is 7.29. The number of aromatic nitrogens is 3. The van der Waals surface area contributed by atoms with Gasteiger partial charge in [-0.25, -0.2) is 9.97 Å². The van der Waals surface area contributed by atoms with Gasteiger partial charge in [0.15, 0.2) is 0 Å². The van der Waals surface area contributed by atoms with Crippen LogP contribution in [0.3, 0.4) is 0 Å². The van der Waals surface area contributed by atoms with Crippen molar-refractivity contribution in [3.05, 3.63) is 66.9 Å². The first-order valence-electron chi connectivity index (χ1n) is 7.38. The minimum absolute atomic E-state index is 0.145. The van der Waals surface area contributed by atoms with Crippen LogP contribution in [0.2, 0.25) is 0 Å². The molecule has 0 saturated carbocycles. The van der Waals surface area contributed by atoms with Gasteiger partial charge in [-0.1, -0.05) is 30.3 Å². The molecule has 3 rings (SSSR count). The highest BCUT2D eigenvalue weighted by atomic mass is 14.8. The first-order valence-corrected chi connectivity index (χ1v) is 5.88. The fourth-order valence-corrected chi connectivity index (χ4v) is 1.85. The van der Waals surface area contributed by atoms with Crippen molar-refractivity contribution in [2.24, 2.45) is 0 Å². The summed E-state index contributed by atoms with van der Waals surface area (Å²) in [6, 6.07) is 13.6. The molecule has 0 amide bonds. The van der Waals surface area contributed by atoms with E-state index >= 15 is 0 Å². The summed E-state index contributed by atoms with van der Waals surface area (Å²) in [5.41, 5.74) is 3.51. The molecule has 0 bridgehead atoms. The SMILES string of the molecule is [2H]C([2H])([2H])c1ncc(-c2ccnc(-c3ccccc3)c2)cn1. The first-order chi connectivity index (χ1) is 10.5. The molecular weight excluding hydrogens is 234 g/mol. The largest absolute Gasteiger partial charge is 0.256 e. The molecule has 0 saturated heterocycles. The van der Waals surface area contributed by atoms with E-state index in [1.807, 2.05) is 42.5 Å². The van der Waals surface area contributed by atoms with E-state index in [2.05, 4.69) is 15.0 Å². The van der Waals surface area contributed by atoms with Gasteiger partial charge in [-0.15, -0.1) is 0 Å². The molecule has 0 spiro atoms. The van der Waals surface area contributed by atoms with E-state index in [4.69, 9.17) is 4.11 Å². The van der Waals surface area contributed by atoms with Crippen molar-refractivity contribution >= 4 is 0 Å². The molecule has 0 radical (unpaired) electrons. The summed E-state index contributed by atoms with van der Waals surface area (Å²) in [4.78, 5) is 12.2. The van der Waals surface area contributed by atoms with Gasteiger partial charge in [-0.2, -0.15) is 0 Å². The van der Waals surface area contributed by atoms with Gasteiger partial charge in [0.2, 0.25) is 0 Å². The molecule has 3 heteroatoms. The number of benzene rings is 1. The molecule has 19 heavy (non-hydrogen) atoms. The summed E-state index contributed by atoms with van der Waals surface area (Å²) in [6.45, 7) is -2.29. The van der Waals surface area contributed by atoms with Gasteiger partial charge in [-0.3, -0.25) is 4.98 Å². The zero-order valence-corrected chi connectivity index (χ0v) is 10.1. The Hall–Kier alpha value is -2.55. The fraction of sp³-hybridized carbons (Fsp3) is 0.0625. The smallest absolute Gasteiger partial charge is 0.125 e. The van der Waals surface area contributed by atoms with E-state index in [1.54, 1.807) is 6.20 Å². The third kappa shape index (κ3) is 2.50. The van der Waals surface area contributed by atoms with Gasteiger partial charge in [0.05, 0.1) is 5.69 Å². The molecule has 0 atom stereocenters. The van der Waals surface area contributed by atoms with E-state index in [9.17, 15) is 0 Å². The van der Waals surface area contributed by atoms with Gasteiger partial charge in [-0.05, 0) is 24.5 Å². The number of hydrogen-bond donors (Lipinski definition) is 0. The van der Waals surface area contributed by atoms with Crippen molar-refractivity contribution in [2.75, 3.05) is 0 Å². The molecule has 92 valence electrons. The Bertz CT molecular complexity index is 769. The lowest BCUT2D eigenvalue weighted by Crippen LogP contribution is -1.89. The molecule has 0 aliphatic carbocycles. The maximum Gasteiger partial charge on any atom is 0.125 e. The molecule has 0 aliphatic rings. The molecule has 2 heterocycles. The highest BCUT2D eigenvalue weighted by Gasteiger charge is 2.03. The zero-order chi connectivity index (χ0) is 15.6. The lowest BCUT2D eigenvalue weighted by atomic mass is 10.1. The van der Waals surface area contributed by atoms with E-state index in [1.165, 1.54) is 12.4 Å². The average molecular weight is 250 g/mol. The van der Waals surface area contributed by atoms with Crippen molar-refractivity contribution in [1.82, 2.24) is 15.0 Å². The quantitative estimate of drug-likeness (QED) is 0.698. The van der Waals surface area contributed by atoms with Crippen molar-refractivity contribution in [2.45, 2.75) is 6.85 Å². The predicted molar refractivity (Wildman–Crippen MR) is 75.4 cm³/mol. The molecule has 0 aliphatic heterocycles. The first kappa shape index (κ1) is 8.53. The Labute approximate surface area is 116 Å². The minimum atomic E-state index is -2.29. The summed E-state index contributed by atoms with van der Waals surface area (Å²) in [5, 5.41) is 0.